The SMILES string of the molecule is Cc1nn(CC(C)C)c(C)c1CCC(=O)NCCNc1ncc(C(F)(F)F)cc1Cl. The maximum atomic E-state index is 12.6. The number of carbonyl (C=O) groups is 1. The van der Waals surface area contributed by atoms with Crippen molar-refractivity contribution in [3.63, 3.8) is 0 Å². The second kappa shape index (κ2) is 10.1. The molecule has 0 aliphatic rings. The molecule has 2 aromatic heterocycles. The lowest BCUT2D eigenvalue weighted by Gasteiger charge is -2.11. The molecule has 0 unspecified atom stereocenters. The Balaban J connectivity index is 1.78. The first-order valence-corrected chi connectivity index (χ1v) is 10.1. The normalized spacial score (nSPS) is 11.8. The van der Waals surface area contributed by atoms with E-state index in [2.05, 4.69) is 34.6 Å². The van der Waals surface area contributed by atoms with E-state index in [0.29, 0.717) is 25.3 Å². The molecule has 30 heavy (non-hydrogen) atoms. The Labute approximate surface area is 179 Å². The van der Waals surface area contributed by atoms with E-state index < -0.39 is 11.7 Å². The lowest BCUT2D eigenvalue weighted by molar-refractivity contribution is -0.137. The van der Waals surface area contributed by atoms with Gasteiger partial charge in [-0.05, 0) is 37.8 Å². The van der Waals surface area contributed by atoms with Crippen LogP contribution in [-0.2, 0) is 23.9 Å². The molecule has 2 aromatic rings. The first kappa shape index (κ1) is 24.0. The minimum absolute atomic E-state index is 0.112. The molecular weight excluding hydrogens is 419 g/mol. The van der Waals surface area contributed by atoms with Crippen molar-refractivity contribution in [3.05, 3.63) is 39.8 Å². The van der Waals surface area contributed by atoms with Gasteiger partial charge in [-0.2, -0.15) is 18.3 Å². The molecule has 0 radical (unpaired) electrons. The minimum Gasteiger partial charge on any atom is -0.367 e. The molecule has 0 bridgehead atoms. The second-order valence-electron chi connectivity index (χ2n) is 7.55. The summed E-state index contributed by atoms with van der Waals surface area (Å²) in [5.74, 6) is 0.515. The Morgan fingerprint density at radius 1 is 1.27 bits per heavy atom. The van der Waals surface area contributed by atoms with Gasteiger partial charge in [0.2, 0.25) is 5.91 Å². The van der Waals surface area contributed by atoms with E-state index in [9.17, 15) is 18.0 Å². The summed E-state index contributed by atoms with van der Waals surface area (Å²) < 4.78 is 39.9. The molecule has 2 heterocycles. The molecule has 0 spiro atoms. The van der Waals surface area contributed by atoms with Crippen LogP contribution in [0.4, 0.5) is 19.0 Å². The van der Waals surface area contributed by atoms with Gasteiger partial charge in [-0.3, -0.25) is 9.48 Å². The van der Waals surface area contributed by atoms with Crippen molar-refractivity contribution in [2.45, 2.75) is 53.3 Å². The van der Waals surface area contributed by atoms with Crippen LogP contribution in [0, 0.1) is 19.8 Å². The zero-order valence-corrected chi connectivity index (χ0v) is 18.3. The highest BCUT2D eigenvalue weighted by atomic mass is 35.5. The van der Waals surface area contributed by atoms with Crippen LogP contribution in [0.3, 0.4) is 0 Å². The number of aryl methyl sites for hydroxylation is 1. The topological polar surface area (TPSA) is 71.8 Å². The third kappa shape index (κ3) is 6.62. The number of halogens is 4. The molecule has 2 rings (SSSR count). The van der Waals surface area contributed by atoms with E-state index >= 15 is 0 Å². The minimum atomic E-state index is -4.49. The fourth-order valence-corrected chi connectivity index (χ4v) is 3.29. The van der Waals surface area contributed by atoms with Crippen LogP contribution >= 0.6 is 11.6 Å². The smallest absolute Gasteiger partial charge is 0.367 e. The molecule has 0 aliphatic carbocycles. The molecule has 0 saturated carbocycles. The Kier molecular flexibility index (Phi) is 8.11. The van der Waals surface area contributed by atoms with Gasteiger partial charge in [0.1, 0.15) is 5.82 Å². The van der Waals surface area contributed by atoms with Crippen molar-refractivity contribution in [1.82, 2.24) is 20.1 Å². The molecule has 0 aromatic carbocycles. The fourth-order valence-electron chi connectivity index (χ4n) is 3.05. The van der Waals surface area contributed by atoms with E-state index in [4.69, 9.17) is 11.6 Å². The van der Waals surface area contributed by atoms with Crippen LogP contribution in [0.2, 0.25) is 5.02 Å². The molecule has 0 saturated heterocycles. The number of nitrogens with zero attached hydrogens (tertiary/aromatic N) is 3. The first-order valence-electron chi connectivity index (χ1n) is 9.75. The number of hydrogen-bond acceptors (Lipinski definition) is 4. The van der Waals surface area contributed by atoms with E-state index in [1.165, 1.54) is 0 Å². The van der Waals surface area contributed by atoms with Gasteiger partial charge < -0.3 is 10.6 Å². The molecule has 0 atom stereocenters. The summed E-state index contributed by atoms with van der Waals surface area (Å²) in [6, 6.07) is 0.819. The van der Waals surface area contributed by atoms with Crippen molar-refractivity contribution < 1.29 is 18.0 Å². The van der Waals surface area contributed by atoms with Gasteiger partial charge in [-0.1, -0.05) is 25.4 Å². The van der Waals surface area contributed by atoms with Gasteiger partial charge in [0.25, 0.3) is 0 Å². The van der Waals surface area contributed by atoms with Crippen LogP contribution in [0.25, 0.3) is 0 Å². The quantitative estimate of drug-likeness (QED) is 0.562. The van der Waals surface area contributed by atoms with Crippen LogP contribution in [0.5, 0.6) is 0 Å². The van der Waals surface area contributed by atoms with Gasteiger partial charge in [-0.15, -0.1) is 0 Å². The lowest BCUT2D eigenvalue weighted by Crippen LogP contribution is -2.29. The summed E-state index contributed by atoms with van der Waals surface area (Å²) >= 11 is 5.84. The Morgan fingerprint density at radius 2 is 1.97 bits per heavy atom. The molecule has 166 valence electrons. The zero-order chi connectivity index (χ0) is 22.5. The van der Waals surface area contributed by atoms with Gasteiger partial charge in [0, 0.05) is 37.9 Å². The van der Waals surface area contributed by atoms with Crippen molar-refractivity contribution in [2.24, 2.45) is 5.92 Å². The van der Waals surface area contributed by atoms with Crippen LogP contribution in [0.15, 0.2) is 12.3 Å². The van der Waals surface area contributed by atoms with Crippen LogP contribution < -0.4 is 10.6 Å². The highest BCUT2D eigenvalue weighted by molar-refractivity contribution is 6.32. The molecule has 6 nitrogen and oxygen atoms in total. The van der Waals surface area contributed by atoms with Crippen molar-refractivity contribution in [2.75, 3.05) is 18.4 Å². The average Bonchev–Trinajstić information content (AvgIpc) is 2.89. The second-order valence-corrected chi connectivity index (χ2v) is 7.96. The third-order valence-electron chi connectivity index (χ3n) is 4.58. The number of amides is 1. The number of anilines is 1. The highest BCUT2D eigenvalue weighted by Gasteiger charge is 2.31. The summed E-state index contributed by atoms with van der Waals surface area (Å²) in [7, 11) is 0. The Bertz CT molecular complexity index is 880. The Morgan fingerprint density at radius 3 is 2.57 bits per heavy atom. The Hall–Kier alpha value is -2.29. The molecule has 0 aliphatic heterocycles. The summed E-state index contributed by atoms with van der Waals surface area (Å²) in [6.07, 6.45) is -2.85. The van der Waals surface area contributed by atoms with Gasteiger partial charge in [0.05, 0.1) is 16.3 Å². The number of nitrogens with one attached hydrogen (secondary N) is 2. The maximum Gasteiger partial charge on any atom is 0.417 e. The van der Waals surface area contributed by atoms with Gasteiger partial charge in [-0.25, -0.2) is 4.98 Å². The molecule has 10 heteroatoms. The monoisotopic (exact) mass is 445 g/mol. The van der Waals surface area contributed by atoms with Gasteiger partial charge in [0.15, 0.2) is 0 Å². The fraction of sp³-hybridized carbons (Fsp3) is 0.550. The highest BCUT2D eigenvalue weighted by Crippen LogP contribution is 2.32. The maximum absolute atomic E-state index is 12.6. The lowest BCUT2D eigenvalue weighted by atomic mass is 10.1. The van der Waals surface area contributed by atoms with E-state index in [1.807, 2.05) is 18.5 Å². The molecule has 2 N–H and O–H groups in total. The van der Waals surface area contributed by atoms with Crippen molar-refractivity contribution in [1.29, 1.82) is 0 Å². The van der Waals surface area contributed by atoms with E-state index in [0.717, 1.165) is 35.8 Å². The number of rotatable bonds is 9. The summed E-state index contributed by atoms with van der Waals surface area (Å²) in [5.41, 5.74) is 2.20. The molecule has 1 amide bonds. The first-order chi connectivity index (χ1) is 14.0. The number of carbonyl (C=O) groups excluding carboxylic acids is 1. The number of aromatic nitrogens is 3. The predicted octanol–water partition coefficient (Wildman–Crippen LogP) is 4.38. The van der Waals surface area contributed by atoms with Gasteiger partial charge >= 0.3 is 6.18 Å². The van der Waals surface area contributed by atoms with E-state index in [1.54, 1.807) is 0 Å². The molecular formula is C20H27ClF3N5O. The van der Waals surface area contributed by atoms with Crippen LogP contribution in [-0.4, -0.2) is 33.8 Å². The van der Waals surface area contributed by atoms with Crippen molar-refractivity contribution >= 4 is 23.3 Å². The third-order valence-corrected chi connectivity index (χ3v) is 4.87. The zero-order valence-electron chi connectivity index (χ0n) is 17.5. The largest absolute Gasteiger partial charge is 0.417 e. The number of hydrogen-bond donors (Lipinski definition) is 2. The molecule has 0 fully saturated rings. The number of pyridine rings is 1. The number of alkyl halides is 3. The average molecular weight is 446 g/mol. The van der Waals surface area contributed by atoms with E-state index in [-0.39, 0.29) is 23.3 Å². The summed E-state index contributed by atoms with van der Waals surface area (Å²) in [5, 5.41) is 10.0. The summed E-state index contributed by atoms with van der Waals surface area (Å²) in [6.45, 7) is 9.64. The van der Waals surface area contributed by atoms with Crippen LogP contribution in [0.1, 0.15) is 42.8 Å². The standard InChI is InChI=1S/C20H27ClF3N5O/c1-12(2)11-29-14(4)16(13(3)28-29)5-6-18(30)25-7-8-26-19-17(21)9-15(10-27-19)20(22,23)24/h9-10,12H,5-8,11H2,1-4H3,(H,25,30)(H,26,27). The predicted molar refractivity (Wildman–Crippen MR) is 111 cm³/mol. The summed E-state index contributed by atoms with van der Waals surface area (Å²) in [4.78, 5) is 15.8. The van der Waals surface area contributed by atoms with Crippen molar-refractivity contribution in [3.8, 4) is 0 Å².